The highest BCUT2D eigenvalue weighted by Gasteiger charge is 2.19. The molecule has 1 heterocycles. The third-order valence-corrected chi connectivity index (χ3v) is 2.63. The van der Waals surface area contributed by atoms with Crippen LogP contribution in [0.2, 0.25) is 0 Å². The predicted octanol–water partition coefficient (Wildman–Crippen LogP) is 2.33. The first-order chi connectivity index (χ1) is 6.33. The second-order valence-electron chi connectivity index (χ2n) is 4.08. The molecule has 1 fully saturated rings. The molecule has 1 atom stereocenters. The van der Waals surface area contributed by atoms with Crippen LogP contribution in [0.3, 0.4) is 0 Å². The highest BCUT2D eigenvalue weighted by atomic mass is 16.5. The van der Waals surface area contributed by atoms with Crippen LogP contribution in [0.4, 0.5) is 0 Å². The van der Waals surface area contributed by atoms with Crippen molar-refractivity contribution >= 4 is 0 Å². The molecule has 0 aliphatic carbocycles. The van der Waals surface area contributed by atoms with Crippen LogP contribution in [0.15, 0.2) is 0 Å². The molecule has 1 N–H and O–H groups in total. The standard InChI is InChI=1S/C11H23NO/c1-3-4-5-6-7-10(2)13-11-8-12-9-11/h10-12H,3-9H2,1-2H3. The van der Waals surface area contributed by atoms with Crippen molar-refractivity contribution in [3.63, 3.8) is 0 Å². The third-order valence-electron chi connectivity index (χ3n) is 2.63. The van der Waals surface area contributed by atoms with E-state index in [-0.39, 0.29) is 0 Å². The maximum Gasteiger partial charge on any atom is 0.0827 e. The van der Waals surface area contributed by atoms with Crippen molar-refractivity contribution < 1.29 is 4.74 Å². The summed E-state index contributed by atoms with van der Waals surface area (Å²) in [5.74, 6) is 0. The molecular weight excluding hydrogens is 162 g/mol. The molecule has 0 spiro atoms. The molecule has 0 amide bonds. The van der Waals surface area contributed by atoms with Gasteiger partial charge in [-0.3, -0.25) is 0 Å². The largest absolute Gasteiger partial charge is 0.373 e. The lowest BCUT2D eigenvalue weighted by Crippen LogP contribution is -2.49. The first-order valence-corrected chi connectivity index (χ1v) is 5.69. The number of rotatable bonds is 7. The molecule has 1 aliphatic heterocycles. The normalized spacial score (nSPS) is 19.8. The van der Waals surface area contributed by atoms with Crippen molar-refractivity contribution in [3.05, 3.63) is 0 Å². The minimum absolute atomic E-state index is 0.462. The molecule has 1 saturated heterocycles. The number of ether oxygens (including phenoxy) is 1. The second kappa shape index (κ2) is 6.39. The summed E-state index contributed by atoms with van der Waals surface area (Å²) < 4.78 is 5.80. The molecule has 0 bridgehead atoms. The lowest BCUT2D eigenvalue weighted by atomic mass is 10.1. The van der Waals surface area contributed by atoms with Gasteiger partial charge in [0.15, 0.2) is 0 Å². The summed E-state index contributed by atoms with van der Waals surface area (Å²) in [5.41, 5.74) is 0. The van der Waals surface area contributed by atoms with Gasteiger partial charge in [-0.05, 0) is 13.3 Å². The van der Waals surface area contributed by atoms with E-state index in [2.05, 4.69) is 19.2 Å². The van der Waals surface area contributed by atoms with E-state index in [0.29, 0.717) is 12.2 Å². The van der Waals surface area contributed by atoms with E-state index in [1.54, 1.807) is 0 Å². The van der Waals surface area contributed by atoms with Crippen LogP contribution in [0.25, 0.3) is 0 Å². The summed E-state index contributed by atoms with van der Waals surface area (Å²) in [6, 6.07) is 0. The Morgan fingerprint density at radius 1 is 1.31 bits per heavy atom. The van der Waals surface area contributed by atoms with E-state index in [0.717, 1.165) is 13.1 Å². The van der Waals surface area contributed by atoms with Gasteiger partial charge in [0.05, 0.1) is 12.2 Å². The van der Waals surface area contributed by atoms with Crippen molar-refractivity contribution in [2.45, 2.75) is 58.2 Å². The molecule has 13 heavy (non-hydrogen) atoms. The fourth-order valence-electron chi connectivity index (χ4n) is 1.61. The van der Waals surface area contributed by atoms with Gasteiger partial charge in [0.25, 0.3) is 0 Å². The lowest BCUT2D eigenvalue weighted by molar-refractivity contribution is -0.0328. The Morgan fingerprint density at radius 3 is 2.62 bits per heavy atom. The van der Waals surface area contributed by atoms with Gasteiger partial charge in [-0.2, -0.15) is 0 Å². The van der Waals surface area contributed by atoms with Gasteiger partial charge in [0, 0.05) is 13.1 Å². The van der Waals surface area contributed by atoms with Gasteiger partial charge >= 0.3 is 0 Å². The van der Waals surface area contributed by atoms with E-state index < -0.39 is 0 Å². The maximum atomic E-state index is 5.80. The van der Waals surface area contributed by atoms with Crippen LogP contribution in [0, 0.1) is 0 Å². The molecular formula is C11H23NO. The summed E-state index contributed by atoms with van der Waals surface area (Å²) in [6.07, 6.45) is 7.59. The van der Waals surface area contributed by atoms with Gasteiger partial charge in [0.1, 0.15) is 0 Å². The second-order valence-corrected chi connectivity index (χ2v) is 4.08. The zero-order valence-corrected chi connectivity index (χ0v) is 9.01. The number of hydrogen-bond acceptors (Lipinski definition) is 2. The topological polar surface area (TPSA) is 21.3 Å². The fourth-order valence-corrected chi connectivity index (χ4v) is 1.61. The van der Waals surface area contributed by atoms with Crippen LogP contribution in [-0.2, 0) is 4.74 Å². The Labute approximate surface area is 82.0 Å². The van der Waals surface area contributed by atoms with Crippen LogP contribution < -0.4 is 5.32 Å². The van der Waals surface area contributed by atoms with Crippen LogP contribution >= 0.6 is 0 Å². The quantitative estimate of drug-likeness (QED) is 0.615. The Morgan fingerprint density at radius 2 is 2.08 bits per heavy atom. The summed E-state index contributed by atoms with van der Waals surface area (Å²) in [6.45, 7) is 6.56. The molecule has 0 aromatic heterocycles. The van der Waals surface area contributed by atoms with E-state index in [9.17, 15) is 0 Å². The van der Waals surface area contributed by atoms with E-state index in [1.165, 1.54) is 32.1 Å². The lowest BCUT2D eigenvalue weighted by Gasteiger charge is -2.30. The Bertz CT molecular complexity index is 123. The minimum Gasteiger partial charge on any atom is -0.373 e. The highest BCUT2D eigenvalue weighted by Crippen LogP contribution is 2.11. The predicted molar refractivity (Wildman–Crippen MR) is 56.0 cm³/mol. The monoisotopic (exact) mass is 185 g/mol. The van der Waals surface area contributed by atoms with Gasteiger partial charge < -0.3 is 10.1 Å². The van der Waals surface area contributed by atoms with E-state index in [4.69, 9.17) is 4.74 Å². The molecule has 78 valence electrons. The van der Waals surface area contributed by atoms with E-state index in [1.807, 2.05) is 0 Å². The van der Waals surface area contributed by atoms with Crippen molar-refractivity contribution in [3.8, 4) is 0 Å². The molecule has 0 saturated carbocycles. The van der Waals surface area contributed by atoms with Crippen LogP contribution in [-0.4, -0.2) is 25.3 Å². The molecule has 2 heteroatoms. The van der Waals surface area contributed by atoms with Gasteiger partial charge in [0.2, 0.25) is 0 Å². The maximum absolute atomic E-state index is 5.80. The summed E-state index contributed by atoms with van der Waals surface area (Å²) in [7, 11) is 0. The first kappa shape index (κ1) is 11.0. The van der Waals surface area contributed by atoms with Crippen LogP contribution in [0.1, 0.15) is 46.0 Å². The molecule has 0 aromatic rings. The first-order valence-electron chi connectivity index (χ1n) is 5.69. The number of unbranched alkanes of at least 4 members (excludes halogenated alkanes) is 3. The zero-order chi connectivity index (χ0) is 9.52. The highest BCUT2D eigenvalue weighted by molar-refractivity contribution is 4.75. The molecule has 1 unspecified atom stereocenters. The third kappa shape index (κ3) is 4.63. The summed E-state index contributed by atoms with van der Waals surface area (Å²) in [5, 5.41) is 3.22. The molecule has 0 radical (unpaired) electrons. The number of nitrogens with one attached hydrogen (secondary N) is 1. The summed E-state index contributed by atoms with van der Waals surface area (Å²) in [4.78, 5) is 0. The molecule has 2 nitrogen and oxygen atoms in total. The van der Waals surface area contributed by atoms with Crippen LogP contribution in [0.5, 0.6) is 0 Å². The zero-order valence-electron chi connectivity index (χ0n) is 9.01. The van der Waals surface area contributed by atoms with Gasteiger partial charge in [-0.15, -0.1) is 0 Å². The minimum atomic E-state index is 0.462. The fraction of sp³-hybridized carbons (Fsp3) is 1.00. The van der Waals surface area contributed by atoms with Crippen molar-refractivity contribution in [2.24, 2.45) is 0 Å². The molecule has 0 aromatic carbocycles. The SMILES string of the molecule is CCCCCCC(C)OC1CNC1. The van der Waals surface area contributed by atoms with Crippen molar-refractivity contribution in [1.29, 1.82) is 0 Å². The summed E-state index contributed by atoms with van der Waals surface area (Å²) >= 11 is 0. The average molecular weight is 185 g/mol. The smallest absolute Gasteiger partial charge is 0.0827 e. The average Bonchev–Trinajstić information content (AvgIpc) is 2.06. The molecule has 1 aliphatic rings. The van der Waals surface area contributed by atoms with E-state index >= 15 is 0 Å². The van der Waals surface area contributed by atoms with Crippen molar-refractivity contribution in [1.82, 2.24) is 5.32 Å². The Balaban J connectivity index is 1.87. The van der Waals surface area contributed by atoms with Gasteiger partial charge in [-0.25, -0.2) is 0 Å². The Kier molecular flexibility index (Phi) is 5.40. The van der Waals surface area contributed by atoms with Crippen molar-refractivity contribution in [2.75, 3.05) is 13.1 Å². The molecule has 1 rings (SSSR count). The van der Waals surface area contributed by atoms with Gasteiger partial charge in [-0.1, -0.05) is 32.6 Å². The number of hydrogen-bond donors (Lipinski definition) is 1. The Hall–Kier alpha value is -0.0800.